The summed E-state index contributed by atoms with van der Waals surface area (Å²) in [6.07, 6.45) is 1.78. The van der Waals surface area contributed by atoms with Gasteiger partial charge in [-0.05, 0) is 56.2 Å². The first kappa shape index (κ1) is 29.7. The van der Waals surface area contributed by atoms with Crippen molar-refractivity contribution in [2.45, 2.75) is 45.7 Å². The van der Waals surface area contributed by atoms with Crippen molar-refractivity contribution in [2.24, 2.45) is 0 Å². The highest BCUT2D eigenvalue weighted by Gasteiger charge is 2.29. The highest BCUT2D eigenvalue weighted by Crippen LogP contribution is 2.28. The van der Waals surface area contributed by atoms with Gasteiger partial charge in [-0.2, -0.15) is 0 Å². The van der Waals surface area contributed by atoms with E-state index in [1.54, 1.807) is 49.4 Å². The largest absolute Gasteiger partial charge is 0.497 e. The molecule has 0 aliphatic heterocycles. The Hall–Kier alpha value is -2.49. The molecule has 2 rings (SSSR count). The number of nitrogens with zero attached hydrogens (tertiary/aromatic N) is 2. The summed E-state index contributed by atoms with van der Waals surface area (Å²) in [6, 6.07) is 11.0. The van der Waals surface area contributed by atoms with Crippen LogP contribution >= 0.6 is 23.2 Å². The van der Waals surface area contributed by atoms with Crippen molar-refractivity contribution in [2.75, 3.05) is 30.8 Å². The number of anilines is 1. The molecule has 1 N–H and O–H groups in total. The average Bonchev–Trinajstić information content (AvgIpc) is 2.83. The molecular formula is C25H33Cl2N3O5S. The summed E-state index contributed by atoms with van der Waals surface area (Å²) in [5, 5.41) is 3.57. The standard InChI is InChI=1S/C25H33Cl2N3O5S/c1-5-23(25(32)28-6-2)29(17-20-21(26)9-7-10-22(20)27)24(31)11-8-16-30(36(4,33)34)18-12-14-19(35-3)15-13-18/h7,9-10,12-15,23H,5-6,8,11,16-17H2,1-4H3,(H,28,32)/t23-/m1/s1. The van der Waals surface area contributed by atoms with Gasteiger partial charge in [0, 0.05) is 41.7 Å². The molecule has 198 valence electrons. The second-order valence-electron chi connectivity index (χ2n) is 8.18. The number of hydrogen-bond acceptors (Lipinski definition) is 5. The minimum absolute atomic E-state index is 0.0279. The molecule has 0 bridgehead atoms. The van der Waals surface area contributed by atoms with Gasteiger partial charge in [0.1, 0.15) is 11.8 Å². The number of methoxy groups -OCH3 is 1. The molecule has 0 aliphatic carbocycles. The van der Waals surface area contributed by atoms with Gasteiger partial charge in [-0.15, -0.1) is 0 Å². The quantitative estimate of drug-likeness (QED) is 0.391. The molecule has 0 heterocycles. The normalized spacial score (nSPS) is 12.1. The highest BCUT2D eigenvalue weighted by atomic mass is 35.5. The van der Waals surface area contributed by atoms with E-state index in [2.05, 4.69) is 5.32 Å². The Morgan fingerprint density at radius 1 is 1.06 bits per heavy atom. The number of benzene rings is 2. The summed E-state index contributed by atoms with van der Waals surface area (Å²) >= 11 is 12.7. The van der Waals surface area contributed by atoms with Crippen molar-refractivity contribution in [3.63, 3.8) is 0 Å². The molecule has 2 aromatic carbocycles. The van der Waals surface area contributed by atoms with Crippen LogP contribution in [-0.2, 0) is 26.2 Å². The van der Waals surface area contributed by atoms with Crippen LogP contribution in [0.15, 0.2) is 42.5 Å². The third kappa shape index (κ3) is 8.01. The van der Waals surface area contributed by atoms with Gasteiger partial charge in [-0.1, -0.05) is 36.2 Å². The molecule has 36 heavy (non-hydrogen) atoms. The van der Waals surface area contributed by atoms with Crippen LogP contribution in [0.4, 0.5) is 5.69 Å². The Labute approximate surface area is 223 Å². The van der Waals surface area contributed by atoms with Crippen molar-refractivity contribution < 1.29 is 22.7 Å². The van der Waals surface area contributed by atoms with Crippen LogP contribution in [0.2, 0.25) is 10.0 Å². The number of rotatable bonds is 13. The molecule has 8 nitrogen and oxygen atoms in total. The minimum atomic E-state index is -3.59. The van der Waals surface area contributed by atoms with Gasteiger partial charge in [0.25, 0.3) is 0 Å². The molecular weight excluding hydrogens is 525 g/mol. The fourth-order valence-corrected chi connectivity index (χ4v) is 5.30. The molecule has 1 atom stereocenters. The number of sulfonamides is 1. The first-order chi connectivity index (χ1) is 17.0. The lowest BCUT2D eigenvalue weighted by atomic mass is 10.1. The second-order valence-corrected chi connectivity index (χ2v) is 10.9. The van der Waals surface area contributed by atoms with Crippen LogP contribution < -0.4 is 14.4 Å². The number of ether oxygens (including phenoxy) is 1. The fraction of sp³-hybridized carbons (Fsp3) is 0.440. The summed E-state index contributed by atoms with van der Waals surface area (Å²) in [5.74, 6) is 0.0343. The molecule has 11 heteroatoms. The van der Waals surface area contributed by atoms with Crippen LogP contribution in [0.25, 0.3) is 0 Å². The van der Waals surface area contributed by atoms with Gasteiger partial charge < -0.3 is 15.0 Å². The Kier molecular flexibility index (Phi) is 11.3. The zero-order chi connectivity index (χ0) is 26.9. The SMILES string of the molecule is CCNC(=O)[C@@H](CC)N(Cc1c(Cl)cccc1Cl)C(=O)CCCN(c1ccc(OC)cc1)S(C)(=O)=O. The molecule has 0 aromatic heterocycles. The molecule has 0 saturated heterocycles. The Morgan fingerprint density at radius 2 is 1.67 bits per heavy atom. The Morgan fingerprint density at radius 3 is 2.17 bits per heavy atom. The fourth-order valence-electron chi connectivity index (χ4n) is 3.82. The van der Waals surface area contributed by atoms with Gasteiger partial charge in [0.15, 0.2) is 0 Å². The summed E-state index contributed by atoms with van der Waals surface area (Å²) in [5.41, 5.74) is 1.02. The van der Waals surface area contributed by atoms with Crippen LogP contribution in [-0.4, -0.2) is 57.6 Å². The van der Waals surface area contributed by atoms with Crippen molar-refractivity contribution in [1.82, 2.24) is 10.2 Å². The topological polar surface area (TPSA) is 96.0 Å². The van der Waals surface area contributed by atoms with Gasteiger partial charge in [0.2, 0.25) is 21.8 Å². The molecule has 0 aliphatic rings. The molecule has 0 unspecified atom stereocenters. The third-order valence-electron chi connectivity index (χ3n) is 5.64. The number of hydrogen-bond donors (Lipinski definition) is 1. The van der Waals surface area contributed by atoms with Gasteiger partial charge in [0.05, 0.1) is 19.1 Å². The van der Waals surface area contributed by atoms with E-state index in [0.29, 0.717) is 40.0 Å². The van der Waals surface area contributed by atoms with Crippen molar-refractivity contribution in [3.8, 4) is 5.75 Å². The summed E-state index contributed by atoms with van der Waals surface area (Å²) < 4.78 is 31.3. The second kappa shape index (κ2) is 13.7. The number of amides is 2. The predicted molar refractivity (Wildman–Crippen MR) is 144 cm³/mol. The van der Waals surface area contributed by atoms with Crippen LogP contribution in [0.1, 0.15) is 38.7 Å². The van der Waals surface area contributed by atoms with Crippen LogP contribution in [0.3, 0.4) is 0 Å². The maximum absolute atomic E-state index is 13.4. The molecule has 0 saturated carbocycles. The number of carbonyl (C=O) groups excluding carboxylic acids is 2. The highest BCUT2D eigenvalue weighted by molar-refractivity contribution is 7.92. The van der Waals surface area contributed by atoms with E-state index in [1.807, 2.05) is 6.92 Å². The summed E-state index contributed by atoms with van der Waals surface area (Å²) in [4.78, 5) is 27.6. The predicted octanol–water partition coefficient (Wildman–Crippen LogP) is 4.49. The molecule has 0 radical (unpaired) electrons. The number of likely N-dealkylation sites (N-methyl/N-ethyl adjacent to an activating group) is 1. The van der Waals surface area contributed by atoms with E-state index in [4.69, 9.17) is 27.9 Å². The monoisotopic (exact) mass is 557 g/mol. The van der Waals surface area contributed by atoms with E-state index < -0.39 is 16.1 Å². The van der Waals surface area contributed by atoms with E-state index in [-0.39, 0.29) is 37.7 Å². The maximum Gasteiger partial charge on any atom is 0.242 e. The lowest BCUT2D eigenvalue weighted by molar-refractivity contribution is -0.141. The number of halogens is 2. The molecule has 0 spiro atoms. The molecule has 2 amide bonds. The van der Waals surface area contributed by atoms with Crippen molar-refractivity contribution >= 4 is 50.7 Å². The van der Waals surface area contributed by atoms with E-state index in [1.165, 1.54) is 16.3 Å². The Balaban J connectivity index is 2.24. The smallest absolute Gasteiger partial charge is 0.242 e. The van der Waals surface area contributed by atoms with Crippen molar-refractivity contribution in [1.29, 1.82) is 0 Å². The van der Waals surface area contributed by atoms with Gasteiger partial charge in [-0.3, -0.25) is 13.9 Å². The first-order valence-electron chi connectivity index (χ1n) is 11.6. The molecule has 0 fully saturated rings. The first-order valence-corrected chi connectivity index (χ1v) is 14.3. The van der Waals surface area contributed by atoms with E-state index in [9.17, 15) is 18.0 Å². The van der Waals surface area contributed by atoms with Gasteiger partial charge >= 0.3 is 0 Å². The van der Waals surface area contributed by atoms with Crippen molar-refractivity contribution in [3.05, 3.63) is 58.1 Å². The lowest BCUT2D eigenvalue weighted by Crippen LogP contribution is -2.49. The van der Waals surface area contributed by atoms with Crippen LogP contribution in [0, 0.1) is 0 Å². The Bertz CT molecular complexity index is 1120. The lowest BCUT2D eigenvalue weighted by Gasteiger charge is -2.31. The van der Waals surface area contributed by atoms with Crippen LogP contribution in [0.5, 0.6) is 5.75 Å². The summed E-state index contributed by atoms with van der Waals surface area (Å²) in [7, 11) is -2.06. The maximum atomic E-state index is 13.4. The minimum Gasteiger partial charge on any atom is -0.497 e. The average molecular weight is 559 g/mol. The van der Waals surface area contributed by atoms with Gasteiger partial charge in [-0.25, -0.2) is 8.42 Å². The van der Waals surface area contributed by atoms with E-state index >= 15 is 0 Å². The van der Waals surface area contributed by atoms with E-state index in [0.717, 1.165) is 6.26 Å². The number of carbonyl (C=O) groups is 2. The summed E-state index contributed by atoms with van der Waals surface area (Å²) in [6.45, 7) is 4.20. The zero-order valence-corrected chi connectivity index (χ0v) is 23.3. The molecule has 2 aromatic rings. The zero-order valence-electron chi connectivity index (χ0n) is 21.0. The third-order valence-corrected chi connectivity index (χ3v) is 7.54. The number of nitrogens with one attached hydrogen (secondary N) is 1.